The molecule has 0 saturated carbocycles. The highest BCUT2D eigenvalue weighted by atomic mass is 16.5. The van der Waals surface area contributed by atoms with Crippen molar-refractivity contribution in [2.24, 2.45) is 0 Å². The number of hydrogen-bond donors (Lipinski definition) is 2. The van der Waals surface area contributed by atoms with Gasteiger partial charge in [0, 0.05) is 61.7 Å². The molecule has 4 aromatic rings. The zero-order chi connectivity index (χ0) is 32.8. The lowest BCUT2D eigenvalue weighted by Crippen LogP contribution is -2.41. The van der Waals surface area contributed by atoms with Crippen molar-refractivity contribution in [3.8, 4) is 11.3 Å². The molecular weight excluding hydrogens is 590 g/mol. The molecule has 6 rings (SSSR count). The largest absolute Gasteiger partial charge is 0.379 e. The Balaban J connectivity index is 1.16. The van der Waals surface area contributed by atoms with E-state index < -0.39 is 0 Å². The number of nitrogens with one attached hydrogen (secondary N) is 2. The van der Waals surface area contributed by atoms with Gasteiger partial charge >= 0.3 is 0 Å². The van der Waals surface area contributed by atoms with E-state index in [1.54, 1.807) is 54.5 Å². The molecule has 3 amide bonds. The maximum Gasteiger partial charge on any atom is 0.255 e. The topological polar surface area (TPSA) is 104 Å². The summed E-state index contributed by atoms with van der Waals surface area (Å²) in [7, 11) is 1.78. The summed E-state index contributed by atoms with van der Waals surface area (Å²) in [5, 5.41) is 6.24. The predicted octanol–water partition coefficient (Wildman–Crippen LogP) is 5.52. The fraction of sp³-hybridized carbons (Fsp3) is 0.316. The summed E-state index contributed by atoms with van der Waals surface area (Å²) in [6.45, 7) is 6.47. The second kappa shape index (κ2) is 14.7. The zero-order valence-electron chi connectivity index (χ0n) is 27.0. The number of rotatable bonds is 9. The summed E-state index contributed by atoms with van der Waals surface area (Å²) < 4.78 is 5.41. The smallest absolute Gasteiger partial charge is 0.255 e. The van der Waals surface area contributed by atoms with Gasteiger partial charge in [-0.25, -0.2) is 0 Å². The van der Waals surface area contributed by atoms with Crippen LogP contribution in [-0.4, -0.2) is 78.9 Å². The summed E-state index contributed by atoms with van der Waals surface area (Å²) >= 11 is 0. The van der Waals surface area contributed by atoms with Gasteiger partial charge < -0.3 is 20.3 Å². The van der Waals surface area contributed by atoms with E-state index in [-0.39, 0.29) is 23.8 Å². The summed E-state index contributed by atoms with van der Waals surface area (Å²) in [5.74, 6) is -0.643. The van der Waals surface area contributed by atoms with Crippen LogP contribution in [0.5, 0.6) is 0 Å². The third-order valence-corrected chi connectivity index (χ3v) is 8.97. The van der Waals surface area contributed by atoms with Gasteiger partial charge in [0.2, 0.25) is 0 Å². The van der Waals surface area contributed by atoms with Gasteiger partial charge in [0.1, 0.15) is 0 Å². The van der Waals surface area contributed by atoms with E-state index in [2.05, 4.69) is 32.7 Å². The Morgan fingerprint density at radius 1 is 0.915 bits per heavy atom. The number of carbonyl (C=O) groups excluding carboxylic acids is 3. The Labute approximate surface area is 276 Å². The normalized spacial score (nSPS) is 16.2. The Bertz CT molecular complexity index is 1770. The summed E-state index contributed by atoms with van der Waals surface area (Å²) in [4.78, 5) is 48.7. The van der Waals surface area contributed by atoms with Crippen molar-refractivity contribution < 1.29 is 19.1 Å². The van der Waals surface area contributed by atoms with E-state index in [1.807, 2.05) is 37.3 Å². The maximum atomic E-state index is 13.5. The van der Waals surface area contributed by atoms with Crippen molar-refractivity contribution in [1.82, 2.24) is 20.1 Å². The third-order valence-electron chi connectivity index (χ3n) is 8.97. The van der Waals surface area contributed by atoms with Gasteiger partial charge in [0.05, 0.1) is 30.6 Å². The van der Waals surface area contributed by atoms with E-state index in [1.165, 1.54) is 11.1 Å². The van der Waals surface area contributed by atoms with Crippen LogP contribution >= 0.6 is 0 Å². The van der Waals surface area contributed by atoms with E-state index in [4.69, 9.17) is 4.74 Å². The number of pyridine rings is 1. The molecule has 0 bridgehead atoms. The van der Waals surface area contributed by atoms with E-state index in [0.717, 1.165) is 44.5 Å². The Kier molecular flexibility index (Phi) is 10.0. The van der Waals surface area contributed by atoms with Crippen molar-refractivity contribution in [2.45, 2.75) is 32.2 Å². The summed E-state index contributed by atoms with van der Waals surface area (Å²) in [5.41, 5.74) is 6.61. The number of nitrogens with zero attached hydrogens (tertiary/aromatic N) is 3. The van der Waals surface area contributed by atoms with Crippen LogP contribution in [0.15, 0.2) is 85.1 Å². The van der Waals surface area contributed by atoms with Crippen LogP contribution in [0.1, 0.15) is 66.6 Å². The van der Waals surface area contributed by atoms with Crippen LogP contribution < -0.4 is 10.6 Å². The molecule has 3 aromatic carbocycles. The lowest BCUT2D eigenvalue weighted by Gasteiger charge is -2.28. The number of aryl methyl sites for hydroxylation is 2. The number of amides is 3. The first-order valence-electron chi connectivity index (χ1n) is 16.3. The van der Waals surface area contributed by atoms with Gasteiger partial charge in [0.15, 0.2) is 0 Å². The summed E-state index contributed by atoms with van der Waals surface area (Å²) in [6.07, 6.45) is 4.57. The van der Waals surface area contributed by atoms with Crippen LogP contribution in [0, 0.1) is 6.92 Å². The van der Waals surface area contributed by atoms with Crippen molar-refractivity contribution in [1.29, 1.82) is 0 Å². The third kappa shape index (κ3) is 7.76. The highest BCUT2D eigenvalue weighted by molar-refractivity contribution is 6.08. The number of likely N-dealkylation sites (N-methyl/N-ethyl adjacent to an activating group) is 1. The second-order valence-corrected chi connectivity index (χ2v) is 12.3. The molecule has 2 heterocycles. The molecule has 242 valence electrons. The lowest BCUT2D eigenvalue weighted by atomic mass is 9.87. The first-order valence-corrected chi connectivity index (χ1v) is 16.3. The predicted molar refractivity (Wildman–Crippen MR) is 183 cm³/mol. The summed E-state index contributed by atoms with van der Waals surface area (Å²) in [6, 6.07) is 24.2. The molecule has 0 spiro atoms. The van der Waals surface area contributed by atoms with Crippen molar-refractivity contribution in [3.05, 3.63) is 118 Å². The molecule has 47 heavy (non-hydrogen) atoms. The minimum absolute atomic E-state index is 0.0370. The first-order chi connectivity index (χ1) is 22.9. The Hall–Kier alpha value is -4.86. The number of hydrogen-bond acceptors (Lipinski definition) is 6. The number of fused-ring (bicyclic) bond motifs is 1. The van der Waals surface area contributed by atoms with E-state index in [0.29, 0.717) is 53.4 Å². The molecule has 9 nitrogen and oxygen atoms in total. The average Bonchev–Trinajstić information content (AvgIpc) is 3.11. The van der Waals surface area contributed by atoms with Crippen molar-refractivity contribution in [2.75, 3.05) is 51.8 Å². The molecule has 0 unspecified atom stereocenters. The molecule has 2 aliphatic rings. The molecular formula is C38H41N5O4. The van der Waals surface area contributed by atoms with Gasteiger partial charge in [-0.2, -0.15) is 0 Å². The monoisotopic (exact) mass is 631 g/mol. The first kappa shape index (κ1) is 32.1. The zero-order valence-corrected chi connectivity index (χ0v) is 27.0. The van der Waals surface area contributed by atoms with Gasteiger partial charge in [-0.15, -0.1) is 0 Å². The molecule has 1 fully saturated rings. The number of aromatic nitrogens is 1. The highest BCUT2D eigenvalue weighted by Crippen LogP contribution is 2.31. The average molecular weight is 632 g/mol. The Morgan fingerprint density at radius 3 is 2.55 bits per heavy atom. The molecule has 1 atom stereocenters. The molecule has 2 N–H and O–H groups in total. The SMILES string of the molecule is Cc1ccc(NC(=O)c2cccc(C(=O)N(C)CCN3CCOCC3)c2)c(-c2cc(C(=O)N[C@H]3CCCc4ccccc43)ccn2)c1. The standard InChI is InChI=1S/C38H41N5O4/c1-26-13-14-34(41-36(44)28-9-5-10-30(24-28)38(46)42(2)17-18-43-19-21-47-22-20-43)32(23-26)35-25-29(15-16-39-35)37(45)40-33-12-6-8-27-7-3-4-11-31(27)33/h3-5,7,9-11,13-16,23-25,33H,6,8,12,17-22H2,1-2H3,(H,40,45)(H,41,44)/t33-/m0/s1. The molecule has 1 aliphatic heterocycles. The Morgan fingerprint density at radius 2 is 1.70 bits per heavy atom. The molecule has 1 aromatic heterocycles. The number of carbonyl (C=O) groups is 3. The fourth-order valence-corrected chi connectivity index (χ4v) is 6.27. The fourth-order valence-electron chi connectivity index (χ4n) is 6.27. The van der Waals surface area contributed by atoms with E-state index in [9.17, 15) is 14.4 Å². The minimum atomic E-state index is -0.342. The number of morpholine rings is 1. The van der Waals surface area contributed by atoms with Crippen molar-refractivity contribution >= 4 is 23.4 Å². The maximum absolute atomic E-state index is 13.5. The van der Waals surface area contributed by atoms with Crippen LogP contribution in [-0.2, 0) is 11.2 Å². The van der Waals surface area contributed by atoms with Gasteiger partial charge in [-0.1, -0.05) is 42.0 Å². The quantitative estimate of drug-likeness (QED) is 0.252. The molecule has 9 heteroatoms. The number of ether oxygens (including phenoxy) is 1. The van der Waals surface area contributed by atoms with E-state index >= 15 is 0 Å². The van der Waals surface area contributed by atoms with Gasteiger partial charge in [-0.05, 0) is 79.8 Å². The van der Waals surface area contributed by atoms with Crippen LogP contribution in [0.4, 0.5) is 5.69 Å². The van der Waals surface area contributed by atoms with Crippen LogP contribution in [0.3, 0.4) is 0 Å². The highest BCUT2D eigenvalue weighted by Gasteiger charge is 2.23. The van der Waals surface area contributed by atoms with Gasteiger partial charge in [-0.3, -0.25) is 24.3 Å². The van der Waals surface area contributed by atoms with Gasteiger partial charge in [0.25, 0.3) is 17.7 Å². The molecule has 1 aliphatic carbocycles. The lowest BCUT2D eigenvalue weighted by molar-refractivity contribution is 0.0338. The minimum Gasteiger partial charge on any atom is -0.379 e. The number of anilines is 1. The van der Waals surface area contributed by atoms with Crippen LogP contribution in [0.25, 0.3) is 11.3 Å². The molecule has 1 saturated heterocycles. The molecule has 0 radical (unpaired) electrons. The second-order valence-electron chi connectivity index (χ2n) is 12.3. The van der Waals surface area contributed by atoms with Crippen LogP contribution in [0.2, 0.25) is 0 Å². The van der Waals surface area contributed by atoms with Crippen molar-refractivity contribution in [3.63, 3.8) is 0 Å². The number of benzene rings is 3.